The summed E-state index contributed by atoms with van der Waals surface area (Å²) < 4.78 is 50.6. The van der Waals surface area contributed by atoms with Gasteiger partial charge in [0.05, 0.1) is 9.79 Å². The van der Waals surface area contributed by atoms with Crippen molar-refractivity contribution in [3.8, 4) is 0 Å². The number of hydrogen-bond donors (Lipinski definition) is 2. The predicted molar refractivity (Wildman–Crippen MR) is 112 cm³/mol. The van der Waals surface area contributed by atoms with Gasteiger partial charge in [-0.2, -0.15) is 0 Å². The van der Waals surface area contributed by atoms with E-state index in [0.717, 1.165) is 22.3 Å². The molecule has 2 rings (SSSR count). The van der Waals surface area contributed by atoms with Gasteiger partial charge in [-0.15, -0.1) is 24.8 Å². The van der Waals surface area contributed by atoms with Gasteiger partial charge in [-0.1, -0.05) is 18.2 Å². The van der Waals surface area contributed by atoms with Gasteiger partial charge in [-0.25, -0.2) is 26.7 Å². The number of rotatable bonds is 5. The first kappa shape index (κ1) is 25.8. The highest BCUT2D eigenvalue weighted by molar-refractivity contribution is 7.89. The van der Waals surface area contributed by atoms with Crippen LogP contribution in [0.2, 0.25) is 0 Å². The Morgan fingerprint density at radius 3 is 1.70 bits per heavy atom. The Hall–Kier alpha value is -1.16. The van der Waals surface area contributed by atoms with Crippen LogP contribution in [0.4, 0.5) is 0 Å². The average molecular weight is 455 g/mol. The lowest BCUT2D eigenvalue weighted by atomic mass is 10.0. The number of sulfonamides is 2. The molecule has 0 aliphatic carbocycles. The highest BCUT2D eigenvalue weighted by atomic mass is 35.5. The molecule has 0 saturated carbocycles. The van der Waals surface area contributed by atoms with Crippen LogP contribution in [0.15, 0.2) is 40.1 Å². The van der Waals surface area contributed by atoms with Crippen LogP contribution in [0.3, 0.4) is 0 Å². The van der Waals surface area contributed by atoms with Crippen LogP contribution < -0.4 is 9.86 Å². The summed E-state index contributed by atoms with van der Waals surface area (Å²) in [5.74, 6) is 0. The van der Waals surface area contributed by atoms with Gasteiger partial charge in [0, 0.05) is 6.54 Å². The third-order valence-corrected chi connectivity index (χ3v) is 6.89. The highest BCUT2D eigenvalue weighted by Gasteiger charge is 2.21. The molecule has 10 heteroatoms. The van der Waals surface area contributed by atoms with Crippen LogP contribution in [-0.2, 0) is 26.6 Å². The minimum absolute atomic E-state index is 0. The second-order valence-electron chi connectivity index (χ2n) is 6.10. The lowest BCUT2D eigenvalue weighted by Gasteiger charge is -2.16. The van der Waals surface area contributed by atoms with Gasteiger partial charge >= 0.3 is 0 Å². The molecular formula is C17H24Cl2N2O4S2. The third kappa shape index (κ3) is 5.91. The zero-order valence-electron chi connectivity index (χ0n) is 15.4. The van der Waals surface area contributed by atoms with Crippen molar-refractivity contribution in [2.75, 3.05) is 0 Å². The van der Waals surface area contributed by atoms with E-state index in [0.29, 0.717) is 10.5 Å². The molecule has 27 heavy (non-hydrogen) atoms. The lowest BCUT2D eigenvalue weighted by molar-refractivity contribution is 0.579. The second kappa shape index (κ2) is 9.36. The summed E-state index contributed by atoms with van der Waals surface area (Å²) in [6.07, 6.45) is 0. The van der Waals surface area contributed by atoms with Crippen LogP contribution >= 0.6 is 24.8 Å². The number of nitrogens with one attached hydrogen (secondary N) is 1. The third-order valence-electron chi connectivity index (χ3n) is 4.28. The van der Waals surface area contributed by atoms with Crippen molar-refractivity contribution >= 4 is 44.9 Å². The zero-order chi connectivity index (χ0) is 19.0. The summed E-state index contributed by atoms with van der Waals surface area (Å²) in [6, 6.07) is 7.74. The Bertz CT molecular complexity index is 994. The van der Waals surface area contributed by atoms with Gasteiger partial charge < -0.3 is 0 Å². The number of aryl methyl sites for hydroxylation is 2. The Morgan fingerprint density at radius 1 is 0.852 bits per heavy atom. The van der Waals surface area contributed by atoms with Crippen molar-refractivity contribution in [1.29, 1.82) is 0 Å². The van der Waals surface area contributed by atoms with E-state index in [4.69, 9.17) is 5.14 Å². The first-order chi connectivity index (χ1) is 11.4. The Morgan fingerprint density at radius 2 is 1.30 bits per heavy atom. The van der Waals surface area contributed by atoms with Crippen LogP contribution in [-0.4, -0.2) is 16.8 Å². The minimum atomic E-state index is -3.77. The fraction of sp³-hybridized carbons (Fsp3) is 0.294. The summed E-state index contributed by atoms with van der Waals surface area (Å²) in [7, 11) is -7.46. The number of primary sulfonamides is 1. The molecule has 0 amide bonds. The van der Waals surface area contributed by atoms with Crippen LogP contribution in [0, 0.1) is 27.7 Å². The summed E-state index contributed by atoms with van der Waals surface area (Å²) in [5.41, 5.74) is 3.91. The summed E-state index contributed by atoms with van der Waals surface area (Å²) in [6.45, 7) is 7.40. The maximum absolute atomic E-state index is 12.8. The van der Waals surface area contributed by atoms with Crippen molar-refractivity contribution in [1.82, 2.24) is 4.72 Å². The molecule has 0 unspecified atom stereocenters. The molecule has 0 spiro atoms. The van der Waals surface area contributed by atoms with Crippen molar-refractivity contribution in [3.63, 3.8) is 0 Å². The lowest BCUT2D eigenvalue weighted by Crippen LogP contribution is -2.25. The number of nitrogens with two attached hydrogens (primary N) is 1. The van der Waals surface area contributed by atoms with Gasteiger partial charge in [0.2, 0.25) is 20.0 Å². The Kier molecular flexibility index (Phi) is 8.96. The van der Waals surface area contributed by atoms with Gasteiger partial charge in [-0.3, -0.25) is 0 Å². The Balaban J connectivity index is 0.00000338. The van der Waals surface area contributed by atoms with E-state index in [-0.39, 0.29) is 36.3 Å². The quantitative estimate of drug-likeness (QED) is 0.723. The van der Waals surface area contributed by atoms with Crippen molar-refractivity contribution in [3.05, 3.63) is 58.1 Å². The molecule has 0 radical (unpaired) electrons. The van der Waals surface area contributed by atoms with Crippen molar-refractivity contribution < 1.29 is 16.8 Å². The SMILES string of the molecule is Cc1cc(C)c(C)c(S(=O)(=O)NCc2ccc(S(N)(=O)=O)cc2)c1C.Cl.Cl. The number of benzene rings is 2. The highest BCUT2D eigenvalue weighted by Crippen LogP contribution is 2.26. The van der Waals surface area contributed by atoms with Crippen molar-refractivity contribution in [2.24, 2.45) is 5.14 Å². The monoisotopic (exact) mass is 454 g/mol. The summed E-state index contributed by atoms with van der Waals surface area (Å²) >= 11 is 0. The van der Waals surface area contributed by atoms with Gasteiger partial charge in [-0.05, 0) is 67.6 Å². The van der Waals surface area contributed by atoms with Crippen molar-refractivity contribution in [2.45, 2.75) is 44.0 Å². The maximum Gasteiger partial charge on any atom is 0.241 e. The predicted octanol–water partition coefficient (Wildman–Crippen LogP) is 2.89. The molecule has 2 aromatic carbocycles. The Labute approximate surface area is 173 Å². The van der Waals surface area contributed by atoms with E-state index >= 15 is 0 Å². The first-order valence-electron chi connectivity index (χ1n) is 7.62. The smallest absolute Gasteiger partial charge is 0.225 e. The second-order valence-corrected chi connectivity index (χ2v) is 9.37. The maximum atomic E-state index is 12.8. The van der Waals surface area contributed by atoms with E-state index in [1.165, 1.54) is 24.3 Å². The zero-order valence-corrected chi connectivity index (χ0v) is 18.7. The molecule has 2 aromatic rings. The van der Waals surface area contributed by atoms with Crippen LogP contribution in [0.25, 0.3) is 0 Å². The molecule has 152 valence electrons. The number of halogens is 2. The average Bonchev–Trinajstić information content (AvgIpc) is 2.51. The molecule has 0 bridgehead atoms. The molecule has 0 atom stereocenters. The fourth-order valence-electron chi connectivity index (χ4n) is 2.63. The molecule has 3 N–H and O–H groups in total. The molecule has 0 fully saturated rings. The fourth-order valence-corrected chi connectivity index (χ4v) is 4.78. The topological polar surface area (TPSA) is 106 Å². The van der Waals surface area contributed by atoms with E-state index in [1.54, 1.807) is 13.8 Å². The van der Waals surface area contributed by atoms with E-state index in [1.807, 2.05) is 19.9 Å². The molecule has 0 aliphatic rings. The molecular weight excluding hydrogens is 431 g/mol. The van der Waals surface area contributed by atoms with Crippen LogP contribution in [0.5, 0.6) is 0 Å². The van der Waals surface area contributed by atoms with Gasteiger partial charge in [0.25, 0.3) is 0 Å². The molecule has 6 nitrogen and oxygen atoms in total. The van der Waals surface area contributed by atoms with E-state index in [2.05, 4.69) is 4.72 Å². The van der Waals surface area contributed by atoms with Gasteiger partial charge in [0.15, 0.2) is 0 Å². The molecule has 0 aliphatic heterocycles. The largest absolute Gasteiger partial charge is 0.241 e. The first-order valence-corrected chi connectivity index (χ1v) is 10.7. The summed E-state index contributed by atoms with van der Waals surface area (Å²) in [4.78, 5) is 0.284. The van der Waals surface area contributed by atoms with Crippen LogP contribution in [0.1, 0.15) is 27.8 Å². The van der Waals surface area contributed by atoms with Gasteiger partial charge in [0.1, 0.15) is 0 Å². The van der Waals surface area contributed by atoms with E-state index in [9.17, 15) is 16.8 Å². The minimum Gasteiger partial charge on any atom is -0.225 e. The molecule has 0 aromatic heterocycles. The normalized spacial score (nSPS) is 11.4. The standard InChI is InChI=1S/C17H22N2O4S2.2ClH/c1-11-9-12(2)14(4)17(13(11)3)25(22,23)19-10-15-5-7-16(8-6-15)24(18,20)21;;/h5-9,19H,10H2,1-4H3,(H2,18,20,21);2*1H. The number of hydrogen-bond acceptors (Lipinski definition) is 4. The van der Waals surface area contributed by atoms with E-state index < -0.39 is 20.0 Å². The molecule has 0 heterocycles. The molecule has 0 saturated heterocycles. The summed E-state index contributed by atoms with van der Waals surface area (Å²) in [5, 5.41) is 5.05.